The standard InChI is InChI=1S/C8H18O3S2/c1-13-6-4-8(10)11-7(9)3-2-5-12/h7-10,12H,2-6H2,1H3. The first-order valence-corrected chi connectivity index (χ1v) is 6.34. The van der Waals surface area contributed by atoms with Gasteiger partial charge in [0.2, 0.25) is 0 Å². The molecule has 2 unspecified atom stereocenters. The molecule has 0 aliphatic carbocycles. The average molecular weight is 226 g/mol. The Hall–Kier alpha value is 0.580. The lowest BCUT2D eigenvalue weighted by Gasteiger charge is -2.16. The zero-order valence-corrected chi connectivity index (χ0v) is 9.56. The van der Waals surface area contributed by atoms with Gasteiger partial charge in [0, 0.05) is 6.42 Å². The van der Waals surface area contributed by atoms with Gasteiger partial charge in [0.05, 0.1) is 0 Å². The molecule has 0 aromatic rings. The normalized spacial score (nSPS) is 15.7. The molecule has 0 aliphatic heterocycles. The van der Waals surface area contributed by atoms with Gasteiger partial charge < -0.3 is 14.9 Å². The molecule has 0 heterocycles. The van der Waals surface area contributed by atoms with Crippen molar-refractivity contribution in [3.63, 3.8) is 0 Å². The summed E-state index contributed by atoms with van der Waals surface area (Å²) in [6.07, 6.45) is 2.13. The number of rotatable bonds is 8. The summed E-state index contributed by atoms with van der Waals surface area (Å²) < 4.78 is 4.92. The van der Waals surface area contributed by atoms with Crippen LogP contribution in [-0.2, 0) is 4.74 Å². The number of aliphatic hydroxyl groups excluding tert-OH is 2. The van der Waals surface area contributed by atoms with Crippen molar-refractivity contribution in [3.8, 4) is 0 Å². The second-order valence-corrected chi connectivity index (χ2v) is 4.13. The molecule has 0 saturated heterocycles. The fourth-order valence-corrected chi connectivity index (χ4v) is 1.42. The van der Waals surface area contributed by atoms with Crippen molar-refractivity contribution in [2.45, 2.75) is 31.8 Å². The number of hydrogen-bond acceptors (Lipinski definition) is 5. The van der Waals surface area contributed by atoms with Crippen LogP contribution in [0.5, 0.6) is 0 Å². The topological polar surface area (TPSA) is 49.7 Å². The van der Waals surface area contributed by atoms with E-state index in [9.17, 15) is 10.2 Å². The van der Waals surface area contributed by atoms with Gasteiger partial charge in [-0.25, -0.2) is 0 Å². The quantitative estimate of drug-likeness (QED) is 0.428. The Morgan fingerprint density at radius 2 is 1.92 bits per heavy atom. The molecule has 0 radical (unpaired) electrons. The summed E-state index contributed by atoms with van der Waals surface area (Å²) in [5.74, 6) is 1.56. The van der Waals surface area contributed by atoms with Crippen molar-refractivity contribution in [2.24, 2.45) is 0 Å². The van der Waals surface area contributed by atoms with E-state index in [0.29, 0.717) is 12.8 Å². The van der Waals surface area contributed by atoms with Gasteiger partial charge in [-0.1, -0.05) is 0 Å². The Bertz CT molecular complexity index is 102. The third-order valence-electron chi connectivity index (χ3n) is 1.49. The minimum absolute atomic E-state index is 0.528. The Kier molecular flexibility index (Phi) is 9.56. The highest BCUT2D eigenvalue weighted by atomic mass is 32.2. The Morgan fingerprint density at radius 3 is 2.46 bits per heavy atom. The van der Waals surface area contributed by atoms with Crippen LogP contribution < -0.4 is 0 Å². The van der Waals surface area contributed by atoms with Crippen molar-refractivity contribution >= 4 is 24.4 Å². The molecule has 3 nitrogen and oxygen atoms in total. The first-order valence-electron chi connectivity index (χ1n) is 4.32. The fourth-order valence-electron chi connectivity index (χ4n) is 0.802. The summed E-state index contributed by atoms with van der Waals surface area (Å²) in [5.41, 5.74) is 0. The zero-order valence-electron chi connectivity index (χ0n) is 7.85. The fraction of sp³-hybridized carbons (Fsp3) is 1.00. The molecule has 0 fully saturated rings. The Labute approximate surface area is 89.3 Å². The van der Waals surface area contributed by atoms with E-state index < -0.39 is 12.6 Å². The second kappa shape index (κ2) is 9.15. The number of ether oxygens (including phenoxy) is 1. The first kappa shape index (κ1) is 13.6. The second-order valence-electron chi connectivity index (χ2n) is 2.69. The van der Waals surface area contributed by atoms with Crippen LogP contribution in [0.4, 0.5) is 0 Å². The molecule has 0 aromatic heterocycles. The lowest BCUT2D eigenvalue weighted by molar-refractivity contribution is -0.209. The van der Waals surface area contributed by atoms with Crippen LogP contribution in [-0.4, -0.2) is 40.6 Å². The summed E-state index contributed by atoms with van der Waals surface area (Å²) in [4.78, 5) is 0. The van der Waals surface area contributed by atoms with E-state index in [1.165, 1.54) is 0 Å². The van der Waals surface area contributed by atoms with Gasteiger partial charge >= 0.3 is 0 Å². The van der Waals surface area contributed by atoms with Gasteiger partial charge in [0.15, 0.2) is 12.6 Å². The van der Waals surface area contributed by atoms with Gasteiger partial charge in [-0.15, -0.1) is 0 Å². The van der Waals surface area contributed by atoms with Gasteiger partial charge in [-0.05, 0) is 30.6 Å². The van der Waals surface area contributed by atoms with Crippen LogP contribution in [0.1, 0.15) is 19.3 Å². The molecule has 0 bridgehead atoms. The highest BCUT2D eigenvalue weighted by Gasteiger charge is 2.10. The smallest absolute Gasteiger partial charge is 0.158 e. The minimum Gasteiger partial charge on any atom is -0.368 e. The number of aliphatic hydroxyl groups is 2. The molecular formula is C8H18O3S2. The van der Waals surface area contributed by atoms with Gasteiger partial charge in [-0.3, -0.25) is 0 Å². The average Bonchev–Trinajstić information content (AvgIpc) is 2.11. The molecule has 2 N–H and O–H groups in total. The zero-order chi connectivity index (χ0) is 10.1. The van der Waals surface area contributed by atoms with Gasteiger partial charge in [0.1, 0.15) is 0 Å². The SMILES string of the molecule is CSCCC(O)OC(O)CCCS. The molecule has 13 heavy (non-hydrogen) atoms. The number of hydrogen-bond donors (Lipinski definition) is 3. The van der Waals surface area contributed by atoms with E-state index in [1.807, 2.05) is 6.26 Å². The van der Waals surface area contributed by atoms with Crippen molar-refractivity contribution in [3.05, 3.63) is 0 Å². The Balaban J connectivity index is 3.35. The highest BCUT2D eigenvalue weighted by molar-refractivity contribution is 7.98. The summed E-state index contributed by atoms with van der Waals surface area (Å²) in [6, 6.07) is 0. The maximum Gasteiger partial charge on any atom is 0.158 e. The lowest BCUT2D eigenvalue weighted by atomic mass is 10.3. The Morgan fingerprint density at radius 1 is 1.31 bits per heavy atom. The monoisotopic (exact) mass is 226 g/mol. The molecule has 0 rings (SSSR count). The predicted molar refractivity (Wildman–Crippen MR) is 59.2 cm³/mol. The predicted octanol–water partition coefficient (Wildman–Crippen LogP) is 1.10. The van der Waals surface area contributed by atoms with Crippen LogP contribution in [0.3, 0.4) is 0 Å². The first-order chi connectivity index (χ1) is 6.20. The third-order valence-corrected chi connectivity index (χ3v) is 2.45. The van der Waals surface area contributed by atoms with Crippen LogP contribution in [0.25, 0.3) is 0 Å². The van der Waals surface area contributed by atoms with Gasteiger partial charge in [0.25, 0.3) is 0 Å². The molecule has 0 amide bonds. The maximum absolute atomic E-state index is 9.24. The van der Waals surface area contributed by atoms with E-state index in [2.05, 4.69) is 12.6 Å². The van der Waals surface area contributed by atoms with E-state index in [1.54, 1.807) is 11.8 Å². The van der Waals surface area contributed by atoms with E-state index in [0.717, 1.165) is 17.9 Å². The van der Waals surface area contributed by atoms with E-state index >= 15 is 0 Å². The molecule has 0 aromatic carbocycles. The molecule has 0 saturated carbocycles. The molecule has 5 heteroatoms. The summed E-state index contributed by atoms with van der Waals surface area (Å²) >= 11 is 5.65. The molecule has 0 spiro atoms. The van der Waals surface area contributed by atoms with Gasteiger partial charge in [-0.2, -0.15) is 24.4 Å². The van der Waals surface area contributed by atoms with Crippen LogP contribution in [0, 0.1) is 0 Å². The largest absolute Gasteiger partial charge is 0.368 e. The summed E-state index contributed by atoms with van der Waals surface area (Å²) in [6.45, 7) is 0. The van der Waals surface area contributed by atoms with Crippen molar-refractivity contribution in [1.82, 2.24) is 0 Å². The number of thioether (sulfide) groups is 1. The summed E-state index contributed by atoms with van der Waals surface area (Å²) in [5, 5.41) is 18.5. The van der Waals surface area contributed by atoms with Crippen molar-refractivity contribution in [2.75, 3.05) is 17.8 Å². The lowest BCUT2D eigenvalue weighted by Crippen LogP contribution is -2.22. The van der Waals surface area contributed by atoms with Crippen molar-refractivity contribution < 1.29 is 14.9 Å². The van der Waals surface area contributed by atoms with Crippen LogP contribution >= 0.6 is 24.4 Å². The minimum atomic E-state index is -0.857. The molecule has 2 atom stereocenters. The molecule has 80 valence electrons. The molecular weight excluding hydrogens is 208 g/mol. The maximum atomic E-state index is 9.24. The molecule has 0 aliphatic rings. The number of thiol groups is 1. The van der Waals surface area contributed by atoms with Crippen molar-refractivity contribution in [1.29, 1.82) is 0 Å². The van der Waals surface area contributed by atoms with E-state index in [4.69, 9.17) is 4.74 Å². The van der Waals surface area contributed by atoms with E-state index in [-0.39, 0.29) is 0 Å². The summed E-state index contributed by atoms with van der Waals surface area (Å²) in [7, 11) is 0. The van der Waals surface area contributed by atoms with Crippen LogP contribution in [0.2, 0.25) is 0 Å². The third kappa shape index (κ3) is 8.90. The van der Waals surface area contributed by atoms with Crippen LogP contribution in [0.15, 0.2) is 0 Å². The highest BCUT2D eigenvalue weighted by Crippen LogP contribution is 2.07.